The van der Waals surface area contributed by atoms with Gasteiger partial charge in [-0.3, -0.25) is 9.59 Å². The highest BCUT2D eigenvalue weighted by Crippen LogP contribution is 2.41. The molecule has 0 atom stereocenters. The van der Waals surface area contributed by atoms with Crippen molar-refractivity contribution in [3.63, 3.8) is 0 Å². The Balaban J connectivity index is 1.40. The molecule has 9 heteroatoms. The summed E-state index contributed by atoms with van der Waals surface area (Å²) in [6.07, 6.45) is 1.19. The maximum absolute atomic E-state index is 15.4. The van der Waals surface area contributed by atoms with Gasteiger partial charge >= 0.3 is 0 Å². The fraction of sp³-hybridized carbons (Fsp3) is 0.231. The lowest BCUT2D eigenvalue weighted by atomic mass is 9.88. The zero-order chi connectivity index (χ0) is 24.9. The van der Waals surface area contributed by atoms with Crippen LogP contribution < -0.4 is 14.5 Å². The largest absolute Gasteiger partial charge is 0.495 e. The van der Waals surface area contributed by atoms with Gasteiger partial charge in [0.05, 0.1) is 34.6 Å². The number of methoxy groups -OCH3 is 1. The number of benzene rings is 3. The third-order valence-electron chi connectivity index (χ3n) is 6.60. The molecule has 2 amide bonds. The van der Waals surface area contributed by atoms with Crippen LogP contribution in [-0.4, -0.2) is 32.0 Å². The van der Waals surface area contributed by atoms with E-state index in [1.165, 1.54) is 19.2 Å². The topological polar surface area (TPSA) is 49.9 Å². The highest BCUT2D eigenvalue weighted by Gasteiger charge is 2.38. The fourth-order valence-electron chi connectivity index (χ4n) is 4.80. The predicted octanol–water partition coefficient (Wildman–Crippen LogP) is 6.42. The summed E-state index contributed by atoms with van der Waals surface area (Å²) in [7, 11) is 1.42. The van der Waals surface area contributed by atoms with Crippen LogP contribution in [0.15, 0.2) is 48.5 Å². The fourth-order valence-corrected chi connectivity index (χ4v) is 5.39. The molecule has 2 heterocycles. The van der Waals surface area contributed by atoms with E-state index < -0.39 is 17.6 Å². The van der Waals surface area contributed by atoms with Crippen LogP contribution in [0.3, 0.4) is 0 Å². The van der Waals surface area contributed by atoms with E-state index in [1.807, 2.05) is 27.5 Å². The van der Waals surface area contributed by atoms with Crippen molar-refractivity contribution < 1.29 is 23.1 Å². The Morgan fingerprint density at radius 1 is 0.943 bits per heavy atom. The average Bonchev–Trinajstić information content (AvgIpc) is 3.11. The predicted molar refractivity (Wildman–Crippen MR) is 139 cm³/mol. The van der Waals surface area contributed by atoms with Crippen molar-refractivity contribution in [3.05, 3.63) is 85.4 Å². The summed E-state index contributed by atoms with van der Waals surface area (Å²) < 4.78 is 36.0. The summed E-state index contributed by atoms with van der Waals surface area (Å²) in [5, 5.41) is 0.489. The number of anilines is 2. The van der Waals surface area contributed by atoms with Crippen molar-refractivity contribution in [3.8, 4) is 5.75 Å². The van der Waals surface area contributed by atoms with E-state index in [0.29, 0.717) is 45.8 Å². The Morgan fingerprint density at radius 2 is 1.57 bits per heavy atom. The first-order valence-electron chi connectivity index (χ1n) is 11.0. The normalized spacial score (nSPS) is 16.1. The van der Waals surface area contributed by atoms with Crippen LogP contribution in [0, 0.1) is 15.2 Å². The molecular formula is C26H20ClF2IN2O3. The third kappa shape index (κ3) is 4.16. The van der Waals surface area contributed by atoms with Gasteiger partial charge in [-0.25, -0.2) is 13.7 Å². The van der Waals surface area contributed by atoms with Gasteiger partial charge in [0.1, 0.15) is 17.4 Å². The van der Waals surface area contributed by atoms with Crippen LogP contribution in [-0.2, 0) is 0 Å². The van der Waals surface area contributed by atoms with Gasteiger partial charge in [-0.2, -0.15) is 0 Å². The smallest absolute Gasteiger partial charge is 0.266 e. The second-order valence-electron chi connectivity index (χ2n) is 8.52. The number of piperidine rings is 1. The molecule has 0 bridgehead atoms. The lowest BCUT2D eigenvalue weighted by Gasteiger charge is -2.34. The molecule has 0 saturated carbocycles. The molecule has 5 nitrogen and oxygen atoms in total. The number of nitrogens with zero attached hydrogens (tertiary/aromatic N) is 2. The second kappa shape index (κ2) is 9.39. The molecule has 0 spiro atoms. The Hall–Kier alpha value is -2.72. The number of carbonyl (C=O) groups is 2. The maximum Gasteiger partial charge on any atom is 0.266 e. The number of halogens is 4. The number of imide groups is 1. The number of fused-ring (bicyclic) bond motifs is 1. The Morgan fingerprint density at radius 3 is 2.17 bits per heavy atom. The van der Waals surface area contributed by atoms with Crippen molar-refractivity contribution in [1.29, 1.82) is 0 Å². The first-order chi connectivity index (χ1) is 16.8. The molecule has 180 valence electrons. The molecule has 0 unspecified atom stereocenters. The Labute approximate surface area is 219 Å². The number of carbonyl (C=O) groups excluding carboxylic acids is 2. The van der Waals surface area contributed by atoms with Gasteiger partial charge in [-0.15, -0.1) is 0 Å². The summed E-state index contributed by atoms with van der Waals surface area (Å²) in [4.78, 5) is 28.7. The van der Waals surface area contributed by atoms with Gasteiger partial charge in [-0.05, 0) is 77.2 Å². The third-order valence-corrected chi connectivity index (χ3v) is 8.12. The summed E-state index contributed by atoms with van der Waals surface area (Å²) in [6, 6.07) is 12.3. The highest BCUT2D eigenvalue weighted by molar-refractivity contribution is 14.1. The van der Waals surface area contributed by atoms with Crippen LogP contribution >= 0.6 is 34.2 Å². The minimum atomic E-state index is -0.515. The van der Waals surface area contributed by atoms with Gasteiger partial charge < -0.3 is 9.64 Å². The molecule has 0 aliphatic carbocycles. The first-order valence-corrected chi connectivity index (χ1v) is 12.5. The van der Waals surface area contributed by atoms with Crippen LogP contribution in [0.1, 0.15) is 45.0 Å². The van der Waals surface area contributed by atoms with E-state index in [2.05, 4.69) is 0 Å². The molecule has 0 N–H and O–H groups in total. The summed E-state index contributed by atoms with van der Waals surface area (Å²) in [6.45, 7) is 1.06. The first kappa shape index (κ1) is 24.0. The minimum absolute atomic E-state index is 0.0768. The van der Waals surface area contributed by atoms with E-state index in [4.69, 9.17) is 16.3 Å². The molecule has 3 aromatic rings. The monoisotopic (exact) mass is 608 g/mol. The van der Waals surface area contributed by atoms with Crippen molar-refractivity contribution in [1.82, 2.24) is 0 Å². The molecule has 3 aromatic carbocycles. The zero-order valence-corrected chi connectivity index (χ0v) is 21.6. The summed E-state index contributed by atoms with van der Waals surface area (Å²) >= 11 is 8.17. The van der Waals surface area contributed by atoms with Crippen LogP contribution in [0.25, 0.3) is 0 Å². The lowest BCUT2D eigenvalue weighted by Crippen LogP contribution is -2.34. The minimum Gasteiger partial charge on any atom is -0.495 e. The van der Waals surface area contributed by atoms with Gasteiger partial charge in [0.25, 0.3) is 11.8 Å². The van der Waals surface area contributed by atoms with Crippen LogP contribution in [0.2, 0.25) is 5.02 Å². The quantitative estimate of drug-likeness (QED) is 0.195. The van der Waals surface area contributed by atoms with Crippen LogP contribution in [0.4, 0.5) is 20.2 Å². The zero-order valence-electron chi connectivity index (χ0n) is 18.7. The molecule has 1 fully saturated rings. The van der Waals surface area contributed by atoms with Crippen LogP contribution in [0.5, 0.6) is 5.75 Å². The molecular weight excluding hydrogens is 589 g/mol. The van der Waals surface area contributed by atoms with E-state index in [-0.39, 0.29) is 34.3 Å². The number of hydrogen-bond donors (Lipinski definition) is 0. The molecule has 2 aliphatic heterocycles. The van der Waals surface area contributed by atoms with Crippen molar-refractivity contribution in [2.75, 3.05) is 30.0 Å². The van der Waals surface area contributed by atoms with Gasteiger partial charge in [0, 0.05) is 22.7 Å². The highest BCUT2D eigenvalue weighted by atomic mass is 127. The molecule has 2 aliphatic rings. The number of hydrogen-bond acceptors (Lipinski definition) is 4. The van der Waals surface area contributed by atoms with Crippen molar-refractivity contribution in [2.24, 2.45) is 0 Å². The molecule has 0 aromatic heterocycles. The standard InChI is InChI=1S/C26H20ClF2IN2O3/c1-35-24-10-17(14-6-8-31(9-7-14)22-11-18(27)21(30)12-20(22)29)19(28)13-23(24)32-25(33)15-4-2-3-5-16(15)26(32)34/h2-5,10-14H,6-9H2,1H3. The maximum atomic E-state index is 15.4. The van der Waals surface area contributed by atoms with Gasteiger partial charge in [0.2, 0.25) is 0 Å². The lowest BCUT2D eigenvalue weighted by molar-refractivity contribution is 0.0925. The second-order valence-corrected chi connectivity index (χ2v) is 10.1. The summed E-state index contributed by atoms with van der Waals surface area (Å²) in [5.41, 5.74) is 1.52. The van der Waals surface area contributed by atoms with Crippen molar-refractivity contribution >= 4 is 57.4 Å². The van der Waals surface area contributed by atoms with E-state index in [1.54, 1.807) is 36.4 Å². The van der Waals surface area contributed by atoms with E-state index >= 15 is 4.39 Å². The molecule has 5 rings (SSSR count). The van der Waals surface area contributed by atoms with E-state index in [0.717, 1.165) is 4.90 Å². The molecule has 35 heavy (non-hydrogen) atoms. The van der Waals surface area contributed by atoms with Crippen molar-refractivity contribution in [2.45, 2.75) is 18.8 Å². The molecule has 0 radical (unpaired) electrons. The average molecular weight is 609 g/mol. The van der Waals surface area contributed by atoms with Gasteiger partial charge in [-0.1, -0.05) is 23.7 Å². The number of amides is 2. The Bertz CT molecular complexity index is 1320. The number of rotatable bonds is 4. The van der Waals surface area contributed by atoms with Gasteiger partial charge in [0.15, 0.2) is 0 Å². The number of ether oxygens (including phenoxy) is 1. The Kier molecular flexibility index (Phi) is 6.43. The van der Waals surface area contributed by atoms with E-state index in [9.17, 15) is 14.0 Å². The molecule has 1 saturated heterocycles. The SMILES string of the molecule is COc1cc(C2CCN(c3cc(Cl)c(I)cc3F)CC2)c(F)cc1N1C(=O)c2ccccc2C1=O. The summed E-state index contributed by atoms with van der Waals surface area (Å²) in [5.74, 6) is -1.76.